The van der Waals surface area contributed by atoms with E-state index in [-0.39, 0.29) is 0 Å². The van der Waals surface area contributed by atoms with Crippen LogP contribution in [0.15, 0.2) is 17.7 Å². The van der Waals surface area contributed by atoms with E-state index >= 15 is 0 Å². The van der Waals surface area contributed by atoms with Crippen molar-refractivity contribution in [3.8, 4) is 11.5 Å². The van der Waals surface area contributed by atoms with Gasteiger partial charge in [-0.15, -0.1) is 0 Å². The molecule has 0 spiro atoms. The number of allylic oxidation sites excluding steroid dienone is 1. The van der Waals surface area contributed by atoms with Gasteiger partial charge in [0.2, 0.25) is 11.6 Å². The molecule has 1 aromatic rings. The molecule has 0 radical (unpaired) electrons. The Labute approximate surface area is 101 Å². The van der Waals surface area contributed by atoms with Gasteiger partial charge in [0.1, 0.15) is 22.8 Å². The van der Waals surface area contributed by atoms with E-state index in [2.05, 4.69) is 0 Å². The van der Waals surface area contributed by atoms with Crippen LogP contribution >= 0.6 is 0 Å². The topological polar surface area (TPSA) is 112 Å². The maximum atomic E-state index is 11.7. The third kappa shape index (κ3) is 1.39. The Bertz CT molecular complexity index is 638. The Morgan fingerprint density at radius 1 is 0.944 bits per heavy atom. The van der Waals surface area contributed by atoms with Crippen molar-refractivity contribution in [3.05, 3.63) is 28.8 Å². The first-order chi connectivity index (χ1) is 8.36. The minimum Gasteiger partial charge on any atom is -0.507 e. The zero-order valence-electron chi connectivity index (χ0n) is 9.22. The number of hydrogen-bond donors (Lipinski definition) is 3. The molecule has 0 fully saturated rings. The number of rotatable bonds is 1. The molecule has 6 nitrogen and oxygen atoms in total. The summed E-state index contributed by atoms with van der Waals surface area (Å²) in [6, 6.07) is 2.07. The number of aliphatic hydroxyl groups excluding tert-OH is 1. The van der Waals surface area contributed by atoms with Crippen LogP contribution in [0, 0.1) is 0 Å². The average molecular weight is 248 g/mol. The molecule has 3 N–H and O–H groups in total. The molecule has 0 amide bonds. The SMILES string of the molecule is CC(=O)C1=C(O)c2c(O)ccc(O)c2C(=O)C1=O. The number of hydrogen-bond acceptors (Lipinski definition) is 6. The zero-order valence-corrected chi connectivity index (χ0v) is 9.22. The molecule has 6 heteroatoms. The largest absolute Gasteiger partial charge is 0.507 e. The number of carbonyl (C=O) groups excluding carboxylic acids is 3. The van der Waals surface area contributed by atoms with E-state index in [0.29, 0.717) is 0 Å². The van der Waals surface area contributed by atoms with E-state index in [0.717, 1.165) is 19.1 Å². The Balaban J connectivity index is 2.92. The molecule has 0 saturated heterocycles. The van der Waals surface area contributed by atoms with E-state index < -0.39 is 51.3 Å². The lowest BCUT2D eigenvalue weighted by molar-refractivity contribution is -0.118. The van der Waals surface area contributed by atoms with Gasteiger partial charge >= 0.3 is 0 Å². The van der Waals surface area contributed by atoms with E-state index in [1.807, 2.05) is 0 Å². The van der Waals surface area contributed by atoms with Crippen LogP contribution < -0.4 is 0 Å². The molecular formula is C12H8O6. The van der Waals surface area contributed by atoms with Crippen molar-refractivity contribution in [1.29, 1.82) is 0 Å². The normalized spacial score (nSPS) is 14.7. The summed E-state index contributed by atoms with van der Waals surface area (Å²) in [6.45, 7) is 1.02. The fourth-order valence-corrected chi connectivity index (χ4v) is 1.84. The lowest BCUT2D eigenvalue weighted by Crippen LogP contribution is -2.27. The van der Waals surface area contributed by atoms with E-state index in [4.69, 9.17) is 0 Å². The highest BCUT2D eigenvalue weighted by Gasteiger charge is 2.38. The summed E-state index contributed by atoms with van der Waals surface area (Å²) >= 11 is 0. The summed E-state index contributed by atoms with van der Waals surface area (Å²) in [5, 5.41) is 28.9. The number of benzene rings is 1. The van der Waals surface area contributed by atoms with Crippen LogP contribution in [0.25, 0.3) is 5.76 Å². The molecule has 1 aromatic carbocycles. The Morgan fingerprint density at radius 2 is 1.44 bits per heavy atom. The molecule has 0 atom stereocenters. The predicted octanol–water partition coefficient (Wildman–Crippen LogP) is 0.721. The number of ketones is 3. The molecule has 0 aliphatic heterocycles. The number of fused-ring (bicyclic) bond motifs is 1. The van der Waals surface area contributed by atoms with Crippen molar-refractivity contribution in [2.45, 2.75) is 6.92 Å². The maximum absolute atomic E-state index is 11.7. The summed E-state index contributed by atoms with van der Waals surface area (Å²) in [6.07, 6.45) is 0. The standard InChI is InChI=1S/C12H8O6/c1-4(13)7-10(16)8-5(14)2-3-6(15)9(8)12(18)11(7)17/h2-3,14-16H,1H3. The van der Waals surface area contributed by atoms with Crippen molar-refractivity contribution in [2.75, 3.05) is 0 Å². The molecule has 0 bridgehead atoms. The van der Waals surface area contributed by atoms with Crippen LogP contribution in [0.4, 0.5) is 0 Å². The molecule has 0 unspecified atom stereocenters. The Hall–Kier alpha value is -2.63. The number of phenols is 2. The van der Waals surface area contributed by atoms with Gasteiger partial charge in [-0.25, -0.2) is 0 Å². The van der Waals surface area contributed by atoms with Crippen LogP contribution in [0.3, 0.4) is 0 Å². The van der Waals surface area contributed by atoms with Crippen LogP contribution in [-0.2, 0) is 9.59 Å². The second-order valence-electron chi connectivity index (χ2n) is 3.79. The molecule has 92 valence electrons. The van der Waals surface area contributed by atoms with Crippen LogP contribution in [0.1, 0.15) is 22.8 Å². The second-order valence-corrected chi connectivity index (χ2v) is 3.79. The molecule has 0 aromatic heterocycles. The minimum absolute atomic E-state index is 0.398. The third-order valence-corrected chi connectivity index (χ3v) is 2.65. The van der Waals surface area contributed by atoms with Gasteiger partial charge in [-0.3, -0.25) is 14.4 Å². The molecule has 18 heavy (non-hydrogen) atoms. The predicted molar refractivity (Wildman–Crippen MR) is 59.3 cm³/mol. The number of phenolic OH excluding ortho intramolecular Hbond substituents is 2. The van der Waals surface area contributed by atoms with Gasteiger partial charge in [0.05, 0.1) is 11.1 Å². The van der Waals surface area contributed by atoms with Crippen molar-refractivity contribution < 1.29 is 29.7 Å². The van der Waals surface area contributed by atoms with E-state index in [1.54, 1.807) is 0 Å². The van der Waals surface area contributed by atoms with Gasteiger partial charge < -0.3 is 15.3 Å². The highest BCUT2D eigenvalue weighted by molar-refractivity contribution is 6.57. The highest BCUT2D eigenvalue weighted by Crippen LogP contribution is 2.38. The summed E-state index contributed by atoms with van der Waals surface area (Å²) in [4.78, 5) is 34.6. The van der Waals surface area contributed by atoms with E-state index in [1.165, 1.54) is 0 Å². The molecular weight excluding hydrogens is 240 g/mol. The monoisotopic (exact) mass is 248 g/mol. The smallest absolute Gasteiger partial charge is 0.241 e. The summed E-state index contributed by atoms with van der Waals surface area (Å²) in [7, 11) is 0. The molecule has 0 saturated carbocycles. The fourth-order valence-electron chi connectivity index (χ4n) is 1.84. The highest BCUT2D eigenvalue weighted by atomic mass is 16.3. The summed E-state index contributed by atoms with van der Waals surface area (Å²) in [5.74, 6) is -4.97. The summed E-state index contributed by atoms with van der Waals surface area (Å²) in [5.41, 5.74) is -1.58. The molecule has 1 aliphatic carbocycles. The zero-order chi connectivity index (χ0) is 13.6. The first kappa shape index (κ1) is 11.8. The first-order valence-electron chi connectivity index (χ1n) is 4.94. The second kappa shape index (κ2) is 3.69. The van der Waals surface area contributed by atoms with Gasteiger partial charge in [-0.1, -0.05) is 0 Å². The van der Waals surface area contributed by atoms with Crippen molar-refractivity contribution in [2.24, 2.45) is 0 Å². The van der Waals surface area contributed by atoms with Crippen LogP contribution in [0.2, 0.25) is 0 Å². The van der Waals surface area contributed by atoms with Gasteiger partial charge in [-0.05, 0) is 19.1 Å². The van der Waals surface area contributed by atoms with Gasteiger partial charge in [0.25, 0.3) is 0 Å². The van der Waals surface area contributed by atoms with Gasteiger partial charge in [0, 0.05) is 0 Å². The molecule has 0 heterocycles. The summed E-state index contributed by atoms with van der Waals surface area (Å²) < 4.78 is 0. The third-order valence-electron chi connectivity index (χ3n) is 2.65. The lowest BCUT2D eigenvalue weighted by Gasteiger charge is -2.18. The van der Waals surface area contributed by atoms with Crippen molar-refractivity contribution in [3.63, 3.8) is 0 Å². The van der Waals surface area contributed by atoms with Crippen molar-refractivity contribution in [1.82, 2.24) is 0 Å². The maximum Gasteiger partial charge on any atom is 0.241 e. The Morgan fingerprint density at radius 3 is 1.94 bits per heavy atom. The van der Waals surface area contributed by atoms with E-state index in [9.17, 15) is 29.7 Å². The molecule has 2 rings (SSSR count). The number of aliphatic hydroxyl groups is 1. The Kier molecular flexibility index (Phi) is 2.43. The lowest BCUT2D eigenvalue weighted by atomic mass is 9.86. The van der Waals surface area contributed by atoms with Crippen LogP contribution in [0.5, 0.6) is 11.5 Å². The fraction of sp³-hybridized carbons (Fsp3) is 0.0833. The van der Waals surface area contributed by atoms with Gasteiger partial charge in [-0.2, -0.15) is 0 Å². The van der Waals surface area contributed by atoms with Gasteiger partial charge in [0.15, 0.2) is 5.78 Å². The average Bonchev–Trinajstić information content (AvgIpc) is 2.28. The molecule has 1 aliphatic rings. The minimum atomic E-state index is -1.20. The number of aromatic hydroxyl groups is 2. The number of carbonyl (C=O) groups is 3. The van der Waals surface area contributed by atoms with Crippen LogP contribution in [-0.4, -0.2) is 32.7 Å². The first-order valence-corrected chi connectivity index (χ1v) is 4.94. The quantitative estimate of drug-likeness (QED) is 0.383. The number of Topliss-reactive ketones (excluding diaryl/α,β-unsaturated/α-hetero) is 3. The van der Waals surface area contributed by atoms with Crippen molar-refractivity contribution >= 4 is 23.1 Å².